The van der Waals surface area contributed by atoms with E-state index >= 15 is 0 Å². The molecule has 68 heavy (non-hydrogen) atoms. The highest BCUT2D eigenvalue weighted by Crippen LogP contribution is 2.51. The summed E-state index contributed by atoms with van der Waals surface area (Å²) in [6.07, 6.45) is 9.29. The maximum atomic E-state index is 13.9. The Morgan fingerprint density at radius 2 is 0.956 bits per heavy atom. The van der Waals surface area contributed by atoms with Crippen molar-refractivity contribution in [3.8, 4) is 0 Å². The number of hydrogen-bond donors (Lipinski definition) is 2. The standard InChI is InChI=1S/2C27H31N3O4/c2*1-3-7-18-10-11-22-24-20(15-29(22)26(18)33)21(16-31)25(30(24)23(32)4-2)27(34)28-13-12-17-8-5-6-9-19(17)14-28/h2*3,5-11,20-21,24-25,31H,4,12-16H2,1-2H3/b7-3+;7-3-/t2*20-,21-,24+,25-/m11/s1. The smallest absolute Gasteiger partial charge is 0.258 e. The van der Waals surface area contributed by atoms with Gasteiger partial charge in [0.15, 0.2) is 0 Å². The Balaban J connectivity index is 0.000000170. The molecule has 0 aliphatic carbocycles. The second-order valence-electron chi connectivity index (χ2n) is 18.9. The van der Waals surface area contributed by atoms with Crippen molar-refractivity contribution in [1.82, 2.24) is 28.7 Å². The predicted octanol–water partition coefficient (Wildman–Crippen LogP) is 4.73. The van der Waals surface area contributed by atoms with Gasteiger partial charge in [0, 0.05) is 112 Å². The average molecular weight is 923 g/mol. The molecule has 2 N–H and O–H groups in total. The van der Waals surface area contributed by atoms with Gasteiger partial charge in [0.05, 0.1) is 12.1 Å². The molecule has 4 aromatic rings. The van der Waals surface area contributed by atoms with Gasteiger partial charge in [0.1, 0.15) is 12.1 Å². The lowest BCUT2D eigenvalue weighted by atomic mass is 9.87. The zero-order valence-corrected chi connectivity index (χ0v) is 39.4. The molecule has 2 aromatic carbocycles. The van der Waals surface area contributed by atoms with Crippen LogP contribution in [-0.2, 0) is 58.2 Å². The van der Waals surface area contributed by atoms with Crippen LogP contribution in [0, 0.1) is 23.7 Å². The van der Waals surface area contributed by atoms with Crippen LogP contribution >= 0.6 is 0 Å². The molecule has 8 heterocycles. The van der Waals surface area contributed by atoms with Gasteiger partial charge in [-0.1, -0.05) is 86.7 Å². The molecule has 14 heteroatoms. The van der Waals surface area contributed by atoms with Gasteiger partial charge in [-0.25, -0.2) is 0 Å². The largest absolute Gasteiger partial charge is 0.396 e. The summed E-state index contributed by atoms with van der Waals surface area (Å²) in [6.45, 7) is 9.90. The normalized spacial score (nSPS) is 25.4. The van der Waals surface area contributed by atoms with Crippen LogP contribution in [0.15, 0.2) is 94.5 Å². The topological polar surface area (TPSA) is 166 Å². The molecule has 356 valence electrons. The van der Waals surface area contributed by atoms with Crippen molar-refractivity contribution >= 4 is 35.8 Å². The van der Waals surface area contributed by atoms with Crippen molar-refractivity contribution in [2.45, 2.75) is 104 Å². The van der Waals surface area contributed by atoms with E-state index in [2.05, 4.69) is 12.1 Å². The quantitative estimate of drug-likeness (QED) is 0.256. The summed E-state index contributed by atoms with van der Waals surface area (Å²) in [7, 11) is 0. The number of rotatable bonds is 8. The van der Waals surface area contributed by atoms with E-state index in [0.717, 1.165) is 35.4 Å². The van der Waals surface area contributed by atoms with Crippen molar-refractivity contribution < 1.29 is 29.4 Å². The minimum atomic E-state index is -0.725. The van der Waals surface area contributed by atoms with E-state index in [4.69, 9.17) is 0 Å². The number of amides is 4. The molecular weight excluding hydrogens is 861 g/mol. The molecular formula is C54H62N6O8. The highest BCUT2D eigenvalue weighted by molar-refractivity contribution is 5.90. The van der Waals surface area contributed by atoms with Crippen LogP contribution in [0.2, 0.25) is 0 Å². The fourth-order valence-electron chi connectivity index (χ4n) is 12.3. The number of allylic oxidation sites excluding steroid dienone is 2. The van der Waals surface area contributed by atoms with Gasteiger partial charge in [0.2, 0.25) is 23.6 Å². The van der Waals surface area contributed by atoms with Gasteiger partial charge in [-0.2, -0.15) is 0 Å². The third kappa shape index (κ3) is 7.84. The van der Waals surface area contributed by atoms with E-state index in [1.807, 2.05) is 84.3 Å². The van der Waals surface area contributed by atoms with Gasteiger partial charge in [-0.05, 0) is 73.2 Å². The van der Waals surface area contributed by atoms with E-state index < -0.39 is 23.9 Å². The van der Waals surface area contributed by atoms with E-state index in [-0.39, 0.29) is 84.7 Å². The number of hydrogen-bond acceptors (Lipinski definition) is 8. The van der Waals surface area contributed by atoms with Crippen molar-refractivity contribution in [2.24, 2.45) is 23.7 Å². The number of pyridine rings is 2. The van der Waals surface area contributed by atoms with E-state index in [1.54, 1.807) is 57.1 Å². The number of aliphatic hydroxyl groups excluding tert-OH is 2. The highest BCUT2D eigenvalue weighted by atomic mass is 16.3. The van der Waals surface area contributed by atoms with Crippen molar-refractivity contribution in [3.63, 3.8) is 0 Å². The van der Waals surface area contributed by atoms with E-state index in [9.17, 15) is 39.0 Å². The third-order valence-electron chi connectivity index (χ3n) is 15.5. The van der Waals surface area contributed by atoms with Crippen LogP contribution < -0.4 is 11.1 Å². The minimum absolute atomic E-state index is 0.0962. The van der Waals surface area contributed by atoms with Crippen LogP contribution in [0.25, 0.3) is 12.2 Å². The summed E-state index contributed by atoms with van der Waals surface area (Å²) < 4.78 is 3.45. The van der Waals surface area contributed by atoms with Crippen molar-refractivity contribution in [2.75, 3.05) is 26.3 Å². The summed E-state index contributed by atoms with van der Waals surface area (Å²) in [6, 6.07) is 21.4. The fraction of sp³-hybridized carbons (Fsp3) is 0.444. The van der Waals surface area contributed by atoms with Crippen LogP contribution in [0.4, 0.5) is 0 Å². The number of fused-ring (bicyclic) bond motifs is 8. The van der Waals surface area contributed by atoms with Crippen LogP contribution in [0.5, 0.6) is 0 Å². The van der Waals surface area contributed by atoms with Crippen LogP contribution in [0.1, 0.15) is 97.4 Å². The summed E-state index contributed by atoms with van der Waals surface area (Å²) in [5, 5.41) is 20.9. The Morgan fingerprint density at radius 1 is 0.574 bits per heavy atom. The second-order valence-corrected chi connectivity index (χ2v) is 18.9. The monoisotopic (exact) mass is 922 g/mol. The Bertz CT molecular complexity index is 2620. The summed E-state index contributed by atoms with van der Waals surface area (Å²) in [4.78, 5) is 87.5. The van der Waals surface area contributed by atoms with Gasteiger partial charge in [-0.3, -0.25) is 28.8 Å². The molecule has 2 saturated heterocycles. The first-order chi connectivity index (χ1) is 33.0. The van der Waals surface area contributed by atoms with Crippen molar-refractivity contribution in [3.05, 3.63) is 150 Å². The lowest BCUT2D eigenvalue weighted by Gasteiger charge is -2.36. The molecule has 0 bridgehead atoms. The molecule has 2 fully saturated rings. The molecule has 0 saturated carbocycles. The predicted molar refractivity (Wildman–Crippen MR) is 257 cm³/mol. The molecule has 10 rings (SSSR count). The van der Waals surface area contributed by atoms with Crippen LogP contribution in [0.3, 0.4) is 0 Å². The molecule has 6 aliphatic rings. The number of likely N-dealkylation sites (tertiary alicyclic amines) is 2. The molecule has 2 aromatic heterocycles. The molecule has 8 atom stereocenters. The Hall–Kier alpha value is -6.38. The fourth-order valence-corrected chi connectivity index (χ4v) is 12.3. The molecule has 0 spiro atoms. The number of benzene rings is 2. The zero-order chi connectivity index (χ0) is 48.0. The molecule has 4 amide bonds. The van der Waals surface area contributed by atoms with Gasteiger partial charge < -0.3 is 38.9 Å². The summed E-state index contributed by atoms with van der Waals surface area (Å²) in [5.41, 5.74) is 7.26. The SMILES string of the molecule is C/C=C/c1ccc2n(c1=O)C[C@@H]1[C@@H](CO)[C@H](C(=O)N3CCc4ccccc4C3)N(C(=O)CC)[C@H]21.C/C=C\c1ccc2n(c1=O)C[C@@H]1[C@@H](CO)[C@H](C(=O)N3CCc4ccccc4C3)N(C(=O)CC)[C@H]21. The lowest BCUT2D eigenvalue weighted by molar-refractivity contribution is -0.147. The molecule has 0 radical (unpaired) electrons. The zero-order valence-electron chi connectivity index (χ0n) is 39.4. The minimum Gasteiger partial charge on any atom is -0.396 e. The van der Waals surface area contributed by atoms with Gasteiger partial charge in [-0.15, -0.1) is 0 Å². The van der Waals surface area contributed by atoms with Gasteiger partial charge in [0.25, 0.3) is 11.1 Å². The second kappa shape index (κ2) is 19.3. The van der Waals surface area contributed by atoms with E-state index in [0.29, 0.717) is 50.4 Å². The van der Waals surface area contributed by atoms with Crippen LogP contribution in [-0.4, -0.2) is 101 Å². The molecule has 14 nitrogen and oxygen atoms in total. The first kappa shape index (κ1) is 46.7. The Morgan fingerprint density at radius 3 is 1.31 bits per heavy atom. The lowest BCUT2D eigenvalue weighted by Crippen LogP contribution is -2.52. The summed E-state index contributed by atoms with van der Waals surface area (Å²) in [5.74, 6) is -1.67. The number of carbonyl (C=O) groups is 4. The highest BCUT2D eigenvalue weighted by Gasteiger charge is 2.59. The molecule has 0 unspecified atom stereocenters. The first-order valence-corrected chi connectivity index (χ1v) is 24.3. The summed E-state index contributed by atoms with van der Waals surface area (Å²) >= 11 is 0. The Kier molecular flexibility index (Phi) is 13.3. The maximum Gasteiger partial charge on any atom is 0.258 e. The van der Waals surface area contributed by atoms with E-state index in [1.165, 1.54) is 11.1 Å². The average Bonchev–Trinajstić information content (AvgIpc) is 4.11. The van der Waals surface area contributed by atoms with Gasteiger partial charge >= 0.3 is 0 Å². The molecule has 6 aliphatic heterocycles. The number of nitrogens with zero attached hydrogens (tertiary/aromatic N) is 6. The first-order valence-electron chi connectivity index (χ1n) is 24.3. The third-order valence-corrected chi connectivity index (χ3v) is 15.5. The number of aromatic nitrogens is 2. The number of aliphatic hydroxyl groups is 2. The number of carbonyl (C=O) groups excluding carboxylic acids is 4. The van der Waals surface area contributed by atoms with Crippen molar-refractivity contribution in [1.29, 1.82) is 0 Å². The Labute approximate surface area is 396 Å². The maximum absolute atomic E-state index is 13.9.